The Morgan fingerprint density at radius 2 is 2.13 bits per heavy atom. The summed E-state index contributed by atoms with van der Waals surface area (Å²) in [6, 6.07) is 11.2. The molecule has 5 rings (SSSR count). The van der Waals surface area contributed by atoms with E-state index >= 15 is 0 Å². The molecule has 9 nitrogen and oxygen atoms in total. The first-order chi connectivity index (χ1) is 18.7. The van der Waals surface area contributed by atoms with Crippen LogP contribution in [0.3, 0.4) is 0 Å². The van der Waals surface area contributed by atoms with Crippen molar-refractivity contribution in [2.45, 2.75) is 18.9 Å². The van der Waals surface area contributed by atoms with E-state index in [2.05, 4.69) is 31.4 Å². The zero-order valence-corrected chi connectivity index (χ0v) is 21.2. The van der Waals surface area contributed by atoms with E-state index in [1.807, 2.05) is 42.5 Å². The number of nitrogens with zero attached hydrogens (tertiary/aromatic N) is 3. The highest BCUT2D eigenvalue weighted by atomic mass is 16.5. The van der Waals surface area contributed by atoms with Gasteiger partial charge >= 0.3 is 0 Å². The topological polar surface area (TPSA) is 97.8 Å². The van der Waals surface area contributed by atoms with Crippen LogP contribution in [0.1, 0.15) is 18.4 Å². The predicted molar refractivity (Wildman–Crippen MR) is 147 cm³/mol. The lowest BCUT2D eigenvalue weighted by atomic mass is 10.1. The van der Waals surface area contributed by atoms with Gasteiger partial charge < -0.3 is 24.8 Å². The van der Waals surface area contributed by atoms with Crippen LogP contribution >= 0.6 is 0 Å². The molecule has 2 aliphatic heterocycles. The van der Waals surface area contributed by atoms with Crippen molar-refractivity contribution in [1.29, 1.82) is 0 Å². The lowest BCUT2D eigenvalue weighted by Gasteiger charge is -2.18. The number of hydrogen-bond donors (Lipinski definition) is 2. The summed E-state index contributed by atoms with van der Waals surface area (Å²) in [5.74, 6) is 3.53. The van der Waals surface area contributed by atoms with Crippen molar-refractivity contribution < 1.29 is 19.0 Å². The Kier molecular flexibility index (Phi) is 8.46. The van der Waals surface area contributed by atoms with Gasteiger partial charge in [0.25, 0.3) is 0 Å². The average Bonchev–Trinajstić information content (AvgIpc) is 3.30. The van der Waals surface area contributed by atoms with Crippen LogP contribution < -0.4 is 15.4 Å². The number of amides is 1. The van der Waals surface area contributed by atoms with E-state index in [-0.39, 0.29) is 12.0 Å². The highest BCUT2D eigenvalue weighted by Crippen LogP contribution is 2.34. The van der Waals surface area contributed by atoms with E-state index in [1.54, 1.807) is 6.08 Å². The second kappa shape index (κ2) is 12.5. The van der Waals surface area contributed by atoms with Gasteiger partial charge in [0.1, 0.15) is 24.0 Å². The number of benzene rings is 2. The van der Waals surface area contributed by atoms with Crippen molar-refractivity contribution >= 4 is 34.0 Å². The maximum absolute atomic E-state index is 12.9. The van der Waals surface area contributed by atoms with Gasteiger partial charge in [-0.1, -0.05) is 18.1 Å². The first kappa shape index (κ1) is 25.7. The summed E-state index contributed by atoms with van der Waals surface area (Å²) in [6.45, 7) is 5.16. The van der Waals surface area contributed by atoms with Crippen LogP contribution in [-0.2, 0) is 14.3 Å². The van der Waals surface area contributed by atoms with Crippen LogP contribution in [0.15, 0.2) is 54.9 Å². The standard InChI is InChI=1S/C29H31N5O4/c1-2-21-6-3-7-22(16-21)32-29-24-17-26(33-28(35)8-4-10-34-11-5-13-36-15-12-34)27(18-25(24)30-20-31-29)38-23-9-14-37-19-23/h1,3-4,6-8,16-18,20,23H,5,9-15,19H2,(H,33,35)(H,30,31,32)/t23-/m0/s1. The Balaban J connectivity index is 1.39. The van der Waals surface area contributed by atoms with Crippen LogP contribution in [0, 0.1) is 12.3 Å². The van der Waals surface area contributed by atoms with Crippen molar-refractivity contribution in [2.75, 3.05) is 56.7 Å². The molecule has 0 bridgehead atoms. The molecule has 0 aliphatic carbocycles. The van der Waals surface area contributed by atoms with Crippen molar-refractivity contribution in [1.82, 2.24) is 14.9 Å². The minimum Gasteiger partial charge on any atom is -0.486 e. The van der Waals surface area contributed by atoms with E-state index in [0.29, 0.717) is 49.1 Å². The molecular formula is C29H31N5O4. The second-order valence-electron chi connectivity index (χ2n) is 9.20. The average molecular weight is 514 g/mol. The Hall–Kier alpha value is -3.97. The highest BCUT2D eigenvalue weighted by Gasteiger charge is 2.21. The molecule has 1 atom stereocenters. The molecule has 2 aliphatic rings. The van der Waals surface area contributed by atoms with Crippen molar-refractivity contribution in [3.05, 3.63) is 60.4 Å². The van der Waals surface area contributed by atoms with Gasteiger partial charge in [0, 0.05) is 61.4 Å². The van der Waals surface area contributed by atoms with Crippen molar-refractivity contribution in [3.8, 4) is 18.1 Å². The SMILES string of the molecule is C#Cc1cccc(Nc2ncnc3cc(O[C@H]4CCOC4)c(NC(=O)C=CCN4CCCOCC4)cc23)c1. The van der Waals surface area contributed by atoms with Gasteiger partial charge in [-0.3, -0.25) is 9.69 Å². The number of nitrogens with one attached hydrogen (secondary N) is 2. The quantitative estimate of drug-likeness (QED) is 0.347. The first-order valence-corrected chi connectivity index (χ1v) is 12.8. The number of fused-ring (bicyclic) bond motifs is 1. The molecule has 2 N–H and O–H groups in total. The molecule has 0 saturated carbocycles. The molecule has 3 aromatic rings. The minimum absolute atomic E-state index is 0.0881. The molecule has 1 amide bonds. The molecule has 2 aromatic carbocycles. The molecule has 0 unspecified atom stereocenters. The number of rotatable bonds is 8. The molecular weight excluding hydrogens is 482 g/mol. The largest absolute Gasteiger partial charge is 0.486 e. The van der Waals surface area contributed by atoms with E-state index in [1.165, 1.54) is 6.33 Å². The summed E-state index contributed by atoms with van der Waals surface area (Å²) in [4.78, 5) is 24.1. The fraction of sp³-hybridized carbons (Fsp3) is 0.345. The smallest absolute Gasteiger partial charge is 0.248 e. The van der Waals surface area contributed by atoms with E-state index in [9.17, 15) is 4.79 Å². The molecule has 0 radical (unpaired) electrons. The Morgan fingerprint density at radius 1 is 1.18 bits per heavy atom. The van der Waals surface area contributed by atoms with E-state index in [4.69, 9.17) is 20.6 Å². The summed E-state index contributed by atoms with van der Waals surface area (Å²) in [5, 5.41) is 7.05. The molecule has 38 heavy (non-hydrogen) atoms. The monoisotopic (exact) mass is 513 g/mol. The molecule has 1 aromatic heterocycles. The van der Waals surface area contributed by atoms with E-state index < -0.39 is 0 Å². The number of aromatic nitrogens is 2. The summed E-state index contributed by atoms with van der Waals surface area (Å²) < 4.78 is 17.2. The van der Waals surface area contributed by atoms with Gasteiger partial charge in [0.15, 0.2) is 0 Å². The van der Waals surface area contributed by atoms with Gasteiger partial charge in [-0.25, -0.2) is 9.97 Å². The normalized spacial score (nSPS) is 18.2. The predicted octanol–water partition coefficient (Wildman–Crippen LogP) is 3.74. The van der Waals surface area contributed by atoms with Crippen molar-refractivity contribution in [2.24, 2.45) is 0 Å². The second-order valence-corrected chi connectivity index (χ2v) is 9.20. The molecule has 0 spiro atoms. The third kappa shape index (κ3) is 6.66. The van der Waals surface area contributed by atoms with Crippen LogP contribution in [0.25, 0.3) is 10.9 Å². The first-order valence-electron chi connectivity index (χ1n) is 12.8. The van der Waals surface area contributed by atoms with Crippen LogP contribution in [0.4, 0.5) is 17.2 Å². The summed E-state index contributed by atoms with van der Waals surface area (Å²) in [5.41, 5.74) is 2.78. The van der Waals surface area contributed by atoms with Gasteiger partial charge in [-0.05, 0) is 30.7 Å². The Morgan fingerprint density at radius 3 is 3.00 bits per heavy atom. The van der Waals surface area contributed by atoms with E-state index in [0.717, 1.165) is 49.2 Å². The summed E-state index contributed by atoms with van der Waals surface area (Å²) >= 11 is 0. The summed E-state index contributed by atoms with van der Waals surface area (Å²) in [7, 11) is 0. The lowest BCUT2D eigenvalue weighted by Crippen LogP contribution is -2.26. The van der Waals surface area contributed by atoms with Gasteiger partial charge in [-0.15, -0.1) is 6.42 Å². The lowest BCUT2D eigenvalue weighted by molar-refractivity contribution is -0.111. The van der Waals surface area contributed by atoms with Crippen LogP contribution in [0.5, 0.6) is 5.75 Å². The molecule has 2 fully saturated rings. The fourth-order valence-electron chi connectivity index (χ4n) is 4.45. The number of terminal acetylenes is 1. The third-order valence-corrected chi connectivity index (χ3v) is 6.42. The third-order valence-electron chi connectivity index (χ3n) is 6.42. The Bertz CT molecular complexity index is 1340. The fourth-order valence-corrected chi connectivity index (χ4v) is 4.45. The number of carbonyl (C=O) groups excluding carboxylic acids is 1. The number of ether oxygens (including phenoxy) is 3. The van der Waals surface area contributed by atoms with Gasteiger partial charge in [0.2, 0.25) is 5.91 Å². The molecule has 3 heterocycles. The zero-order valence-electron chi connectivity index (χ0n) is 21.2. The maximum atomic E-state index is 12.9. The molecule has 196 valence electrons. The van der Waals surface area contributed by atoms with Gasteiger partial charge in [-0.2, -0.15) is 0 Å². The summed E-state index contributed by atoms with van der Waals surface area (Å²) in [6.07, 6.45) is 12.2. The highest BCUT2D eigenvalue weighted by molar-refractivity contribution is 6.03. The van der Waals surface area contributed by atoms with Crippen molar-refractivity contribution in [3.63, 3.8) is 0 Å². The van der Waals surface area contributed by atoms with Crippen LogP contribution in [-0.4, -0.2) is 72.9 Å². The Labute approximate surface area is 222 Å². The molecule has 2 saturated heterocycles. The minimum atomic E-state index is -0.240. The zero-order chi connectivity index (χ0) is 26.2. The number of anilines is 3. The van der Waals surface area contributed by atoms with Crippen LogP contribution in [0.2, 0.25) is 0 Å². The molecule has 9 heteroatoms. The maximum Gasteiger partial charge on any atom is 0.248 e. The van der Waals surface area contributed by atoms with Gasteiger partial charge in [0.05, 0.1) is 31.0 Å². The number of hydrogen-bond acceptors (Lipinski definition) is 8. The number of carbonyl (C=O) groups is 1.